The Balaban J connectivity index is 1.56. The summed E-state index contributed by atoms with van der Waals surface area (Å²) in [5.74, 6) is -2.38. The molecule has 0 radical (unpaired) electrons. The lowest BCUT2D eigenvalue weighted by Gasteiger charge is -2.52. The first-order valence-electron chi connectivity index (χ1n) is 21.9. The summed E-state index contributed by atoms with van der Waals surface area (Å²) in [7, 11) is 0. The van der Waals surface area contributed by atoms with Crippen molar-refractivity contribution in [2.24, 2.45) is 0 Å². The second-order valence-corrected chi connectivity index (χ2v) is 17.2. The van der Waals surface area contributed by atoms with E-state index < -0.39 is 210 Å². The molecule has 5 aliphatic heterocycles. The van der Waals surface area contributed by atoms with Crippen LogP contribution in [0.3, 0.4) is 0 Å². The molecule has 0 aromatic heterocycles. The summed E-state index contributed by atoms with van der Waals surface area (Å²) < 4.78 is 59.1. The van der Waals surface area contributed by atoms with Crippen molar-refractivity contribution in [1.82, 2.24) is 16.0 Å². The van der Waals surface area contributed by atoms with E-state index in [1.54, 1.807) is 0 Å². The molecule has 0 bridgehead atoms. The Morgan fingerprint density at radius 2 is 0.913 bits per heavy atom. The van der Waals surface area contributed by atoms with Crippen LogP contribution in [0.4, 0.5) is 0 Å². The Morgan fingerprint density at radius 1 is 0.493 bits per heavy atom. The summed E-state index contributed by atoms with van der Waals surface area (Å²) in [5.41, 5.74) is 0. The molecule has 0 spiro atoms. The zero-order valence-corrected chi connectivity index (χ0v) is 37.7. The number of aldehydes is 1. The van der Waals surface area contributed by atoms with Crippen molar-refractivity contribution >= 4 is 24.0 Å². The van der Waals surface area contributed by atoms with Crippen LogP contribution in [0.15, 0.2) is 0 Å². The Labute approximate surface area is 392 Å². The van der Waals surface area contributed by atoms with Crippen molar-refractivity contribution in [2.75, 3.05) is 33.0 Å². The van der Waals surface area contributed by atoms with Gasteiger partial charge in [0, 0.05) is 20.8 Å². The molecule has 16 N–H and O–H groups in total. The number of amides is 3. The van der Waals surface area contributed by atoms with Gasteiger partial charge in [-0.25, -0.2) is 0 Å². The third kappa shape index (κ3) is 13.4. The maximum atomic E-state index is 13.1. The molecular weight excluding hydrogens is 942 g/mol. The number of aliphatic hydroxyl groups is 13. The van der Waals surface area contributed by atoms with Gasteiger partial charge in [0.25, 0.3) is 0 Å². The Hall–Kier alpha value is -2.84. The highest BCUT2D eigenvalue weighted by Crippen LogP contribution is 2.36. The zero-order valence-electron chi connectivity index (χ0n) is 37.7. The van der Waals surface area contributed by atoms with Crippen molar-refractivity contribution in [3.05, 3.63) is 0 Å². The first kappa shape index (κ1) is 57.1. The maximum absolute atomic E-state index is 13.1. The van der Waals surface area contributed by atoms with Gasteiger partial charge in [-0.15, -0.1) is 0 Å². The molecule has 30 nitrogen and oxygen atoms in total. The average Bonchev–Trinajstić information content (AvgIpc) is 3.30. The minimum absolute atomic E-state index is 0.141. The second kappa shape index (κ2) is 25.2. The fourth-order valence-electron chi connectivity index (χ4n) is 8.46. The molecule has 0 aromatic rings. The highest BCUT2D eigenvalue weighted by atomic mass is 16.8. The molecule has 398 valence electrons. The largest absolute Gasteiger partial charge is 0.394 e. The highest BCUT2D eigenvalue weighted by Gasteiger charge is 2.57. The predicted octanol–water partition coefficient (Wildman–Crippen LogP) is -10.9. The summed E-state index contributed by atoms with van der Waals surface area (Å²) in [6, 6.07) is -4.99. The van der Waals surface area contributed by atoms with E-state index in [9.17, 15) is 85.6 Å². The van der Waals surface area contributed by atoms with Gasteiger partial charge in [0.05, 0.1) is 39.1 Å². The van der Waals surface area contributed by atoms with Crippen molar-refractivity contribution < 1.29 is 133 Å². The Morgan fingerprint density at radius 3 is 1.45 bits per heavy atom. The van der Waals surface area contributed by atoms with Gasteiger partial charge in [0.2, 0.25) is 17.7 Å². The number of carbonyl (C=O) groups excluding carboxylic acids is 4. The SMILES string of the molecule is CC(=O)N[C@@H]1[C@H](O[C@H]2[C@H](O)[C@@H](CO)O[C@@H](OC[C@@H](O)C=O)[C@@H]2NC(C)=O)O[C@@H](C)[C@@H](O[C@@H]2O[C@H](CO)[C@@H](O)[C@H](O)[C@H]2O)[C@H]1O[C@H]1O[C@H](CO[C@H]2O[C@H](CO)[C@@H](O)[C@H](O)[C@H]2O)[C@H](O)[C@H](O)[C@H]1NC(C)=O. The number of hydrogen-bond donors (Lipinski definition) is 16. The number of hydrogen-bond acceptors (Lipinski definition) is 27. The van der Waals surface area contributed by atoms with Gasteiger partial charge < -0.3 is 134 Å². The van der Waals surface area contributed by atoms with Crippen LogP contribution in [0.1, 0.15) is 27.7 Å². The third-order valence-electron chi connectivity index (χ3n) is 12.0. The molecule has 3 amide bonds. The predicted molar refractivity (Wildman–Crippen MR) is 216 cm³/mol. The van der Waals surface area contributed by atoms with Crippen molar-refractivity contribution in [3.63, 3.8) is 0 Å². The van der Waals surface area contributed by atoms with E-state index in [-0.39, 0.29) is 6.29 Å². The standard InChI is InChI=1S/C39H65N3O27/c1-11-32(67-39-31(59)29(57)24(52)17(7-45)65-39)34(69-36-20(40-12(2)47)27(55)25(53)19(66-36)10-61-38-30(58)28(56)23(51)16(6-44)64-38)22(42-14(4)49)37(62-11)68-33-21(41-13(3)48)35(60-9-15(50)5-43)63-18(8-46)26(33)54/h5,11,15-39,44-46,50-59H,6-10H2,1-4H3,(H,40,47)(H,41,48)(H,42,49)/t11-,15-,16+,17+,18+,19+,20+,21+,22-,23+,24+,25-,26+,27+,28-,29-,30+,31+,32+,33+,34-,35+,36+,37-,38-,39-/m0/s1. The third-order valence-corrected chi connectivity index (χ3v) is 12.0. The van der Waals surface area contributed by atoms with Gasteiger partial charge in [0.1, 0.15) is 122 Å². The monoisotopic (exact) mass is 1010 g/mol. The van der Waals surface area contributed by atoms with Gasteiger partial charge in [-0.05, 0) is 6.92 Å². The number of aliphatic hydroxyl groups excluding tert-OH is 13. The molecule has 26 atom stereocenters. The molecular formula is C39H65N3O27. The first-order valence-corrected chi connectivity index (χ1v) is 21.9. The summed E-state index contributed by atoms with van der Waals surface area (Å²) in [5, 5.41) is 145. The van der Waals surface area contributed by atoms with E-state index in [2.05, 4.69) is 16.0 Å². The fraction of sp³-hybridized carbons (Fsp3) is 0.897. The van der Waals surface area contributed by atoms with E-state index >= 15 is 0 Å². The van der Waals surface area contributed by atoms with Crippen LogP contribution >= 0.6 is 0 Å². The topological polar surface area (TPSA) is 460 Å². The molecule has 5 heterocycles. The lowest BCUT2D eigenvalue weighted by atomic mass is 9.93. The summed E-state index contributed by atoms with van der Waals surface area (Å²) >= 11 is 0. The van der Waals surface area contributed by atoms with E-state index in [1.807, 2.05) is 0 Å². The van der Waals surface area contributed by atoms with E-state index in [4.69, 9.17) is 47.4 Å². The van der Waals surface area contributed by atoms with Gasteiger partial charge in [0.15, 0.2) is 37.7 Å². The molecule has 0 saturated carbocycles. The van der Waals surface area contributed by atoms with E-state index in [1.165, 1.54) is 6.92 Å². The van der Waals surface area contributed by atoms with Crippen molar-refractivity contribution in [3.8, 4) is 0 Å². The normalized spacial score (nSPS) is 45.5. The minimum Gasteiger partial charge on any atom is -0.394 e. The Bertz CT molecular complexity index is 1670. The van der Waals surface area contributed by atoms with Gasteiger partial charge in [-0.3, -0.25) is 14.4 Å². The Kier molecular flexibility index (Phi) is 20.8. The quantitative estimate of drug-likeness (QED) is 0.0534. The lowest BCUT2D eigenvalue weighted by molar-refractivity contribution is -0.376. The number of ether oxygens (including phenoxy) is 10. The van der Waals surface area contributed by atoms with Crippen LogP contribution in [0.2, 0.25) is 0 Å². The minimum atomic E-state index is -2.04. The molecule has 0 unspecified atom stereocenters. The van der Waals surface area contributed by atoms with Crippen LogP contribution in [-0.2, 0) is 66.5 Å². The smallest absolute Gasteiger partial charge is 0.217 e. The summed E-state index contributed by atoms with van der Waals surface area (Å²) in [4.78, 5) is 49.5. The molecule has 5 saturated heterocycles. The molecule has 30 heteroatoms. The number of carbonyl (C=O) groups is 4. The maximum Gasteiger partial charge on any atom is 0.217 e. The van der Waals surface area contributed by atoms with Crippen LogP contribution < -0.4 is 16.0 Å². The molecule has 5 rings (SSSR count). The van der Waals surface area contributed by atoms with Crippen molar-refractivity contribution in [2.45, 2.75) is 187 Å². The summed E-state index contributed by atoms with van der Waals surface area (Å²) in [6.45, 7) is 0.400. The summed E-state index contributed by atoms with van der Waals surface area (Å²) in [6.07, 6.45) is -40.6. The van der Waals surface area contributed by atoms with E-state index in [0.29, 0.717) is 0 Å². The molecule has 69 heavy (non-hydrogen) atoms. The second-order valence-electron chi connectivity index (χ2n) is 17.2. The highest BCUT2D eigenvalue weighted by molar-refractivity contribution is 5.74. The molecule has 0 aliphatic carbocycles. The first-order chi connectivity index (χ1) is 32.6. The van der Waals surface area contributed by atoms with Crippen LogP contribution in [0.25, 0.3) is 0 Å². The fourth-order valence-corrected chi connectivity index (χ4v) is 8.46. The van der Waals surface area contributed by atoms with Crippen LogP contribution in [0.5, 0.6) is 0 Å². The zero-order chi connectivity index (χ0) is 51.2. The van der Waals surface area contributed by atoms with Crippen LogP contribution in [-0.4, -0.2) is 283 Å². The number of rotatable bonds is 19. The van der Waals surface area contributed by atoms with E-state index in [0.717, 1.165) is 20.8 Å². The van der Waals surface area contributed by atoms with Gasteiger partial charge >= 0.3 is 0 Å². The van der Waals surface area contributed by atoms with Gasteiger partial charge in [-0.2, -0.15) is 0 Å². The number of nitrogens with one attached hydrogen (secondary N) is 3. The van der Waals surface area contributed by atoms with Crippen LogP contribution in [0, 0.1) is 0 Å². The van der Waals surface area contributed by atoms with Gasteiger partial charge in [-0.1, -0.05) is 0 Å². The molecule has 5 fully saturated rings. The molecule has 5 aliphatic rings. The lowest BCUT2D eigenvalue weighted by Crippen LogP contribution is -2.72. The van der Waals surface area contributed by atoms with Crippen molar-refractivity contribution in [1.29, 1.82) is 0 Å². The molecule has 0 aromatic carbocycles. The average molecular weight is 1010 g/mol.